The normalized spacial score (nSPS) is 27.4. The zero-order chi connectivity index (χ0) is 17.7. The van der Waals surface area contributed by atoms with Gasteiger partial charge in [0.05, 0.1) is 5.41 Å². The topological polar surface area (TPSA) is 46.9 Å². The van der Waals surface area contributed by atoms with Crippen molar-refractivity contribution < 1.29 is 4.79 Å². The van der Waals surface area contributed by atoms with Gasteiger partial charge in [0.2, 0.25) is 5.91 Å². The van der Waals surface area contributed by atoms with Gasteiger partial charge in [-0.05, 0) is 49.1 Å². The molecule has 1 spiro atoms. The Balaban J connectivity index is 1.33. The molecule has 3 aliphatic rings. The van der Waals surface area contributed by atoms with Gasteiger partial charge in [0.15, 0.2) is 0 Å². The van der Waals surface area contributed by atoms with E-state index in [1.807, 2.05) is 29.2 Å². The number of aromatic nitrogens is 2. The van der Waals surface area contributed by atoms with Crippen molar-refractivity contribution in [2.75, 3.05) is 6.54 Å². The molecule has 3 fully saturated rings. The van der Waals surface area contributed by atoms with Crippen LogP contribution in [0.4, 0.5) is 0 Å². The van der Waals surface area contributed by atoms with Crippen molar-refractivity contribution in [2.45, 2.75) is 56.9 Å². The van der Waals surface area contributed by atoms with E-state index < -0.39 is 0 Å². The molecule has 0 unspecified atom stereocenters. The summed E-state index contributed by atoms with van der Waals surface area (Å²) in [5, 5.41) is 7.71. The van der Waals surface area contributed by atoms with Crippen molar-refractivity contribution in [1.29, 1.82) is 0 Å². The molecule has 5 rings (SSSR count). The number of rotatable bonds is 6. The molecule has 136 valence electrons. The molecule has 0 aliphatic heterocycles. The summed E-state index contributed by atoms with van der Waals surface area (Å²) in [4.78, 5) is 13.4. The lowest BCUT2D eigenvalue weighted by Gasteiger charge is -2.24. The molecular weight excluding hydrogens is 322 g/mol. The van der Waals surface area contributed by atoms with Crippen molar-refractivity contribution in [1.82, 2.24) is 15.1 Å². The van der Waals surface area contributed by atoms with Crippen LogP contribution in [0, 0.1) is 10.8 Å². The van der Waals surface area contributed by atoms with E-state index >= 15 is 0 Å². The van der Waals surface area contributed by atoms with Crippen molar-refractivity contribution in [3.63, 3.8) is 0 Å². The van der Waals surface area contributed by atoms with Gasteiger partial charge in [0.25, 0.3) is 0 Å². The maximum absolute atomic E-state index is 13.4. The summed E-state index contributed by atoms with van der Waals surface area (Å²) in [5.74, 6) is 0.261. The maximum Gasteiger partial charge on any atom is 0.231 e. The van der Waals surface area contributed by atoms with Crippen molar-refractivity contribution in [2.24, 2.45) is 10.8 Å². The summed E-state index contributed by atoms with van der Waals surface area (Å²) in [6.45, 7) is 1.68. The Labute approximate surface area is 155 Å². The van der Waals surface area contributed by atoms with Crippen molar-refractivity contribution >= 4 is 5.91 Å². The zero-order valence-electron chi connectivity index (χ0n) is 15.3. The number of benzene rings is 1. The molecule has 1 aromatic carbocycles. The van der Waals surface area contributed by atoms with Crippen LogP contribution in [-0.4, -0.2) is 22.2 Å². The number of carbonyl (C=O) groups excluding carboxylic acids is 1. The first-order valence-electron chi connectivity index (χ1n) is 10.00. The Kier molecular flexibility index (Phi) is 3.53. The fourth-order valence-corrected chi connectivity index (χ4v) is 5.43. The minimum absolute atomic E-state index is 0.206. The lowest BCUT2D eigenvalue weighted by molar-refractivity contribution is -0.124. The molecule has 2 aromatic rings. The molecule has 1 N–H and O–H groups in total. The van der Waals surface area contributed by atoms with Crippen LogP contribution in [0.25, 0.3) is 0 Å². The van der Waals surface area contributed by atoms with Gasteiger partial charge in [-0.15, -0.1) is 0 Å². The largest absolute Gasteiger partial charge is 0.355 e. The molecule has 4 nitrogen and oxygen atoms in total. The minimum Gasteiger partial charge on any atom is -0.355 e. The highest BCUT2D eigenvalue weighted by Crippen LogP contribution is 2.72. The molecule has 0 saturated heterocycles. The van der Waals surface area contributed by atoms with E-state index in [0.717, 1.165) is 19.5 Å². The molecule has 3 saturated carbocycles. The fraction of sp³-hybridized carbons (Fsp3) is 0.545. The van der Waals surface area contributed by atoms with E-state index in [1.54, 1.807) is 0 Å². The second-order valence-electron chi connectivity index (χ2n) is 8.82. The first-order chi connectivity index (χ1) is 12.7. The second-order valence-corrected chi connectivity index (χ2v) is 8.82. The smallest absolute Gasteiger partial charge is 0.231 e. The number of nitrogens with zero attached hydrogens (tertiary/aromatic N) is 2. The molecule has 0 radical (unpaired) electrons. The number of amides is 1. The van der Waals surface area contributed by atoms with E-state index in [-0.39, 0.29) is 22.2 Å². The standard InChI is InChI=1S/C22H27N3O/c26-19(23-16-20(11-12-20)17-25-14-6-13-24-25)22(18-7-2-1-3-8-18)15-21(22)9-4-5-10-21/h1-3,6-8,13-14H,4-5,9-12,15-17H2,(H,23,26)/t22-/m1/s1. The highest BCUT2D eigenvalue weighted by Gasteiger charge is 2.72. The lowest BCUT2D eigenvalue weighted by Crippen LogP contribution is -2.41. The monoisotopic (exact) mass is 349 g/mol. The SMILES string of the molecule is O=C(NCC1(Cn2cccn2)CC1)[C@]1(c2ccccc2)CC12CCCC2. The summed E-state index contributed by atoms with van der Waals surface area (Å²) in [5.41, 5.74) is 1.36. The lowest BCUT2D eigenvalue weighted by atomic mass is 9.84. The molecular formula is C22H27N3O. The van der Waals surface area contributed by atoms with Crippen LogP contribution in [0.1, 0.15) is 50.5 Å². The Morgan fingerprint density at radius 3 is 2.50 bits per heavy atom. The van der Waals surface area contributed by atoms with Gasteiger partial charge in [-0.3, -0.25) is 9.48 Å². The zero-order valence-corrected chi connectivity index (χ0v) is 15.3. The van der Waals surface area contributed by atoms with Crippen LogP contribution in [0.5, 0.6) is 0 Å². The predicted molar refractivity (Wildman–Crippen MR) is 101 cm³/mol. The summed E-state index contributed by atoms with van der Waals surface area (Å²) in [6, 6.07) is 12.5. The van der Waals surface area contributed by atoms with E-state index in [0.29, 0.717) is 0 Å². The maximum atomic E-state index is 13.4. The van der Waals surface area contributed by atoms with E-state index in [2.05, 4.69) is 34.7 Å². The summed E-state index contributed by atoms with van der Waals surface area (Å²) in [7, 11) is 0. The first kappa shape index (κ1) is 16.1. The van der Waals surface area contributed by atoms with Gasteiger partial charge in [-0.1, -0.05) is 43.2 Å². The van der Waals surface area contributed by atoms with Crippen LogP contribution < -0.4 is 5.32 Å². The third-order valence-electron chi connectivity index (χ3n) is 7.24. The number of hydrogen-bond acceptors (Lipinski definition) is 2. The van der Waals surface area contributed by atoms with Crippen LogP contribution >= 0.6 is 0 Å². The van der Waals surface area contributed by atoms with Gasteiger partial charge >= 0.3 is 0 Å². The average molecular weight is 349 g/mol. The number of carbonyl (C=O) groups is 1. The molecule has 26 heavy (non-hydrogen) atoms. The van der Waals surface area contributed by atoms with Gasteiger partial charge in [-0.2, -0.15) is 5.10 Å². The predicted octanol–water partition coefficient (Wildman–Crippen LogP) is 3.68. The van der Waals surface area contributed by atoms with Crippen LogP contribution in [-0.2, 0) is 16.8 Å². The van der Waals surface area contributed by atoms with Crippen molar-refractivity contribution in [3.8, 4) is 0 Å². The van der Waals surface area contributed by atoms with Gasteiger partial charge < -0.3 is 5.32 Å². The summed E-state index contributed by atoms with van der Waals surface area (Å²) < 4.78 is 2.00. The Morgan fingerprint density at radius 1 is 1.08 bits per heavy atom. The van der Waals surface area contributed by atoms with Crippen molar-refractivity contribution in [3.05, 3.63) is 54.4 Å². The second kappa shape index (κ2) is 5.70. The number of hydrogen-bond donors (Lipinski definition) is 1. The highest BCUT2D eigenvalue weighted by molar-refractivity contribution is 5.93. The van der Waals surface area contributed by atoms with E-state index in [9.17, 15) is 4.79 Å². The first-order valence-corrected chi connectivity index (χ1v) is 10.00. The minimum atomic E-state index is -0.285. The van der Waals surface area contributed by atoms with E-state index in [4.69, 9.17) is 0 Å². The summed E-state index contributed by atoms with van der Waals surface area (Å²) in [6.07, 6.45) is 12.2. The average Bonchev–Trinajstić information content (AvgIpc) is 3.37. The Bertz CT molecular complexity index is 788. The summed E-state index contributed by atoms with van der Waals surface area (Å²) >= 11 is 0. The molecule has 3 aliphatic carbocycles. The van der Waals surface area contributed by atoms with Gasteiger partial charge in [-0.25, -0.2) is 0 Å². The van der Waals surface area contributed by atoms with Gasteiger partial charge in [0.1, 0.15) is 0 Å². The third-order valence-corrected chi connectivity index (χ3v) is 7.24. The Morgan fingerprint density at radius 2 is 1.85 bits per heavy atom. The number of nitrogens with one attached hydrogen (secondary N) is 1. The molecule has 1 aromatic heterocycles. The van der Waals surface area contributed by atoms with Crippen LogP contribution in [0.2, 0.25) is 0 Å². The highest BCUT2D eigenvalue weighted by atomic mass is 16.2. The van der Waals surface area contributed by atoms with Crippen LogP contribution in [0.15, 0.2) is 48.8 Å². The molecule has 0 bridgehead atoms. The molecule has 1 amide bonds. The molecule has 1 atom stereocenters. The molecule has 1 heterocycles. The van der Waals surface area contributed by atoms with Crippen LogP contribution in [0.3, 0.4) is 0 Å². The van der Waals surface area contributed by atoms with Gasteiger partial charge in [0, 0.05) is 30.9 Å². The Hall–Kier alpha value is -2.10. The van der Waals surface area contributed by atoms with E-state index in [1.165, 1.54) is 44.1 Å². The third kappa shape index (κ3) is 2.42. The fourth-order valence-electron chi connectivity index (χ4n) is 5.43. The molecule has 4 heteroatoms. The quantitative estimate of drug-likeness (QED) is 0.865.